The Morgan fingerprint density at radius 2 is 1.95 bits per heavy atom. The highest BCUT2D eigenvalue weighted by atomic mass is 79.9. The van der Waals surface area contributed by atoms with Gasteiger partial charge in [-0.15, -0.1) is 0 Å². The number of halogens is 1. The van der Waals surface area contributed by atoms with Gasteiger partial charge in [-0.05, 0) is 43.7 Å². The minimum atomic E-state index is -0.0703. The fourth-order valence-electron chi connectivity index (χ4n) is 2.16. The van der Waals surface area contributed by atoms with Crippen LogP contribution in [0.5, 0.6) is 0 Å². The second-order valence-electron chi connectivity index (χ2n) is 4.83. The lowest BCUT2D eigenvalue weighted by atomic mass is 10.1. The van der Waals surface area contributed by atoms with E-state index in [-0.39, 0.29) is 11.9 Å². The highest BCUT2D eigenvalue weighted by Gasteiger charge is 2.14. The first-order valence-corrected chi connectivity index (χ1v) is 7.80. The van der Waals surface area contributed by atoms with Gasteiger partial charge in [0.2, 0.25) is 0 Å². The molecule has 1 unspecified atom stereocenters. The van der Waals surface area contributed by atoms with E-state index < -0.39 is 0 Å². The number of nitrogens with one attached hydrogen (secondary N) is 2. The Morgan fingerprint density at radius 3 is 2.67 bits per heavy atom. The van der Waals surface area contributed by atoms with E-state index >= 15 is 0 Å². The minimum Gasteiger partial charge on any atom is -0.385 e. The molecule has 0 fully saturated rings. The predicted octanol–water partition coefficient (Wildman–Crippen LogP) is 4.37. The van der Waals surface area contributed by atoms with Crippen molar-refractivity contribution in [3.8, 4) is 0 Å². The molecule has 0 saturated carbocycles. The van der Waals surface area contributed by atoms with Gasteiger partial charge in [-0.2, -0.15) is 0 Å². The first-order chi connectivity index (χ1) is 10.1. The summed E-state index contributed by atoms with van der Waals surface area (Å²) in [6, 6.07) is 15.5. The number of carbonyl (C=O) groups excluding carboxylic acids is 1. The van der Waals surface area contributed by atoms with Crippen molar-refractivity contribution in [1.82, 2.24) is 5.32 Å². The molecule has 0 radical (unpaired) electrons. The number of para-hydroxylation sites is 1. The Balaban J connectivity index is 2.14. The van der Waals surface area contributed by atoms with Crippen LogP contribution in [0.1, 0.15) is 35.8 Å². The largest absolute Gasteiger partial charge is 0.385 e. The van der Waals surface area contributed by atoms with E-state index in [9.17, 15) is 4.79 Å². The van der Waals surface area contributed by atoms with Crippen LogP contribution in [0.25, 0.3) is 0 Å². The number of hydrogen-bond donors (Lipinski definition) is 2. The van der Waals surface area contributed by atoms with Crippen molar-refractivity contribution in [1.29, 1.82) is 0 Å². The van der Waals surface area contributed by atoms with Crippen molar-refractivity contribution in [2.75, 3.05) is 11.9 Å². The van der Waals surface area contributed by atoms with Gasteiger partial charge in [0, 0.05) is 16.7 Å². The summed E-state index contributed by atoms with van der Waals surface area (Å²) >= 11 is 3.45. The van der Waals surface area contributed by atoms with Crippen LogP contribution in [0.15, 0.2) is 53.0 Å². The molecule has 110 valence electrons. The van der Waals surface area contributed by atoms with Crippen LogP contribution in [0, 0.1) is 0 Å². The number of hydrogen-bond acceptors (Lipinski definition) is 2. The number of amides is 1. The fourth-order valence-corrected chi connectivity index (χ4v) is 2.58. The summed E-state index contributed by atoms with van der Waals surface area (Å²) in [6.45, 7) is 4.78. The van der Waals surface area contributed by atoms with E-state index in [0.717, 1.165) is 22.3 Å². The average molecular weight is 347 g/mol. The number of anilines is 1. The zero-order valence-corrected chi connectivity index (χ0v) is 13.8. The van der Waals surface area contributed by atoms with Crippen LogP contribution < -0.4 is 10.6 Å². The smallest absolute Gasteiger partial charge is 0.253 e. The SMILES string of the molecule is CCNc1ccccc1C(=O)NC(C)c1cccc(Br)c1. The van der Waals surface area contributed by atoms with Crippen molar-refractivity contribution in [3.63, 3.8) is 0 Å². The van der Waals surface area contributed by atoms with Gasteiger partial charge in [-0.1, -0.05) is 40.2 Å². The van der Waals surface area contributed by atoms with Gasteiger partial charge in [0.25, 0.3) is 5.91 Å². The normalized spacial score (nSPS) is 11.8. The lowest BCUT2D eigenvalue weighted by Crippen LogP contribution is -2.27. The van der Waals surface area contributed by atoms with Crippen molar-refractivity contribution in [2.24, 2.45) is 0 Å². The zero-order valence-electron chi connectivity index (χ0n) is 12.2. The predicted molar refractivity (Wildman–Crippen MR) is 90.6 cm³/mol. The third-order valence-corrected chi connectivity index (χ3v) is 3.73. The third kappa shape index (κ3) is 4.08. The van der Waals surface area contributed by atoms with E-state index in [2.05, 4.69) is 26.6 Å². The number of rotatable bonds is 5. The average Bonchev–Trinajstić information content (AvgIpc) is 2.48. The van der Waals surface area contributed by atoms with E-state index in [1.54, 1.807) is 0 Å². The summed E-state index contributed by atoms with van der Waals surface area (Å²) in [6.07, 6.45) is 0. The summed E-state index contributed by atoms with van der Waals surface area (Å²) in [4.78, 5) is 12.4. The third-order valence-electron chi connectivity index (χ3n) is 3.24. The standard InChI is InChI=1S/C17H19BrN2O/c1-3-19-16-10-5-4-9-15(16)17(21)20-12(2)13-7-6-8-14(18)11-13/h4-12,19H,3H2,1-2H3,(H,20,21). The Labute approximate surface area is 133 Å². The second-order valence-corrected chi connectivity index (χ2v) is 5.74. The first kappa shape index (κ1) is 15.6. The molecule has 2 N–H and O–H groups in total. The van der Waals surface area contributed by atoms with E-state index in [0.29, 0.717) is 5.56 Å². The van der Waals surface area contributed by atoms with Gasteiger partial charge in [0.15, 0.2) is 0 Å². The van der Waals surface area contributed by atoms with Crippen molar-refractivity contribution >= 4 is 27.5 Å². The van der Waals surface area contributed by atoms with Crippen LogP contribution in [-0.2, 0) is 0 Å². The molecule has 0 saturated heterocycles. The molecular formula is C17H19BrN2O. The molecule has 0 aliphatic heterocycles. The maximum absolute atomic E-state index is 12.4. The van der Waals surface area contributed by atoms with Crippen LogP contribution in [0.2, 0.25) is 0 Å². The molecule has 4 heteroatoms. The van der Waals surface area contributed by atoms with Gasteiger partial charge < -0.3 is 10.6 Å². The van der Waals surface area contributed by atoms with Crippen LogP contribution in [-0.4, -0.2) is 12.5 Å². The summed E-state index contributed by atoms with van der Waals surface area (Å²) < 4.78 is 1.01. The lowest BCUT2D eigenvalue weighted by Gasteiger charge is -2.16. The molecule has 0 aromatic heterocycles. The zero-order chi connectivity index (χ0) is 15.2. The molecule has 2 aromatic carbocycles. The topological polar surface area (TPSA) is 41.1 Å². The molecular weight excluding hydrogens is 328 g/mol. The summed E-state index contributed by atoms with van der Waals surface area (Å²) in [7, 11) is 0. The van der Waals surface area contributed by atoms with Crippen molar-refractivity contribution in [3.05, 3.63) is 64.1 Å². The first-order valence-electron chi connectivity index (χ1n) is 7.01. The molecule has 0 aliphatic rings. The molecule has 2 rings (SSSR count). The fraction of sp³-hybridized carbons (Fsp3) is 0.235. The number of benzene rings is 2. The molecule has 0 bridgehead atoms. The highest BCUT2D eigenvalue weighted by molar-refractivity contribution is 9.10. The highest BCUT2D eigenvalue weighted by Crippen LogP contribution is 2.20. The van der Waals surface area contributed by atoms with Crippen molar-refractivity contribution in [2.45, 2.75) is 19.9 Å². The van der Waals surface area contributed by atoms with E-state index in [4.69, 9.17) is 0 Å². The molecule has 3 nitrogen and oxygen atoms in total. The van der Waals surface area contributed by atoms with Crippen molar-refractivity contribution < 1.29 is 4.79 Å². The molecule has 2 aromatic rings. The van der Waals surface area contributed by atoms with Gasteiger partial charge in [-0.3, -0.25) is 4.79 Å². The monoisotopic (exact) mass is 346 g/mol. The lowest BCUT2D eigenvalue weighted by molar-refractivity contribution is 0.0940. The molecule has 0 spiro atoms. The molecule has 0 aliphatic carbocycles. The van der Waals surface area contributed by atoms with Gasteiger partial charge in [0.1, 0.15) is 0 Å². The maximum atomic E-state index is 12.4. The Morgan fingerprint density at radius 1 is 1.19 bits per heavy atom. The van der Waals surface area contributed by atoms with Crippen LogP contribution in [0.4, 0.5) is 5.69 Å². The quantitative estimate of drug-likeness (QED) is 0.843. The maximum Gasteiger partial charge on any atom is 0.253 e. The Bertz CT molecular complexity index is 628. The molecule has 21 heavy (non-hydrogen) atoms. The molecule has 0 heterocycles. The molecule has 1 atom stereocenters. The number of carbonyl (C=O) groups is 1. The van der Waals surface area contributed by atoms with Crippen LogP contribution >= 0.6 is 15.9 Å². The Hall–Kier alpha value is -1.81. The van der Waals surface area contributed by atoms with E-state index in [1.165, 1.54) is 0 Å². The molecule has 1 amide bonds. The summed E-state index contributed by atoms with van der Waals surface area (Å²) in [5, 5.41) is 6.25. The van der Waals surface area contributed by atoms with Crippen LogP contribution in [0.3, 0.4) is 0 Å². The minimum absolute atomic E-state index is 0.0512. The van der Waals surface area contributed by atoms with Gasteiger partial charge in [0.05, 0.1) is 11.6 Å². The van der Waals surface area contributed by atoms with E-state index in [1.807, 2.05) is 62.4 Å². The van der Waals surface area contributed by atoms with Gasteiger partial charge in [-0.25, -0.2) is 0 Å². The summed E-state index contributed by atoms with van der Waals surface area (Å²) in [5.74, 6) is -0.0703. The summed E-state index contributed by atoms with van der Waals surface area (Å²) in [5.41, 5.74) is 2.60. The second kappa shape index (κ2) is 7.27. The Kier molecular flexibility index (Phi) is 5.39. The van der Waals surface area contributed by atoms with Gasteiger partial charge >= 0.3 is 0 Å².